The van der Waals surface area contributed by atoms with Crippen molar-refractivity contribution in [1.29, 1.82) is 0 Å². The number of halogens is 1. The van der Waals surface area contributed by atoms with E-state index in [1.807, 2.05) is 18.2 Å². The number of nitrogens with zero attached hydrogens (tertiary/aromatic N) is 1. The lowest BCUT2D eigenvalue weighted by Gasteiger charge is -2.23. The quantitative estimate of drug-likeness (QED) is 0.848. The fraction of sp³-hybridized carbons (Fsp3) is 0.308. The molecule has 0 bridgehead atoms. The number of carboxylic acid groups (broad SMARTS) is 1. The third kappa shape index (κ3) is 2.69. The standard InChI is InChI=1S/C13H14BrNO2/c1-2-7-15(9-3-4-9)10-5-6-11(13(16)17)12(14)8-10/h2,5-6,8-9H,1,3-4,7H2,(H,16,17). The van der Waals surface area contributed by atoms with Crippen LogP contribution in [0.5, 0.6) is 0 Å². The van der Waals surface area contributed by atoms with Gasteiger partial charge in [-0.05, 0) is 47.0 Å². The van der Waals surface area contributed by atoms with E-state index >= 15 is 0 Å². The van der Waals surface area contributed by atoms with Crippen molar-refractivity contribution >= 4 is 27.6 Å². The molecule has 0 radical (unpaired) electrons. The highest BCUT2D eigenvalue weighted by atomic mass is 79.9. The average molecular weight is 296 g/mol. The molecule has 2 rings (SSSR count). The zero-order valence-corrected chi connectivity index (χ0v) is 11.0. The maximum Gasteiger partial charge on any atom is 0.336 e. The van der Waals surface area contributed by atoms with Crippen LogP contribution in [-0.2, 0) is 0 Å². The third-order valence-corrected chi connectivity index (χ3v) is 3.48. The van der Waals surface area contributed by atoms with Gasteiger partial charge >= 0.3 is 5.97 Å². The summed E-state index contributed by atoms with van der Waals surface area (Å²) in [6.07, 6.45) is 4.27. The second-order valence-electron chi connectivity index (χ2n) is 4.14. The van der Waals surface area contributed by atoms with Crippen molar-refractivity contribution in [3.63, 3.8) is 0 Å². The number of anilines is 1. The first-order chi connectivity index (χ1) is 8.13. The van der Waals surface area contributed by atoms with Gasteiger partial charge in [0.2, 0.25) is 0 Å². The van der Waals surface area contributed by atoms with Crippen molar-refractivity contribution in [2.75, 3.05) is 11.4 Å². The SMILES string of the molecule is C=CCN(c1ccc(C(=O)O)c(Br)c1)C1CC1. The van der Waals surface area contributed by atoms with Crippen molar-refractivity contribution in [1.82, 2.24) is 0 Å². The number of rotatable bonds is 5. The van der Waals surface area contributed by atoms with Gasteiger partial charge in [-0.1, -0.05) is 6.08 Å². The molecule has 4 heteroatoms. The highest BCUT2D eigenvalue weighted by Crippen LogP contribution is 2.33. The summed E-state index contributed by atoms with van der Waals surface area (Å²) in [5.74, 6) is -0.912. The average Bonchev–Trinajstić information content (AvgIpc) is 3.09. The molecule has 0 aromatic heterocycles. The molecule has 0 spiro atoms. The van der Waals surface area contributed by atoms with Crippen LogP contribution in [0.1, 0.15) is 23.2 Å². The van der Waals surface area contributed by atoms with E-state index in [2.05, 4.69) is 27.4 Å². The van der Waals surface area contributed by atoms with Crippen LogP contribution >= 0.6 is 15.9 Å². The molecule has 17 heavy (non-hydrogen) atoms. The predicted octanol–water partition coefficient (Wildman–Crippen LogP) is 3.30. The molecule has 0 aliphatic heterocycles. The van der Waals surface area contributed by atoms with E-state index in [0.717, 1.165) is 12.2 Å². The molecular formula is C13H14BrNO2. The van der Waals surface area contributed by atoms with Crippen LogP contribution in [0.3, 0.4) is 0 Å². The Kier molecular flexibility index (Phi) is 3.52. The van der Waals surface area contributed by atoms with E-state index in [0.29, 0.717) is 16.1 Å². The van der Waals surface area contributed by atoms with Crippen molar-refractivity contribution in [2.45, 2.75) is 18.9 Å². The van der Waals surface area contributed by atoms with E-state index in [-0.39, 0.29) is 0 Å². The summed E-state index contributed by atoms with van der Waals surface area (Å²) < 4.78 is 0.622. The van der Waals surface area contributed by atoms with Crippen LogP contribution in [0.15, 0.2) is 35.3 Å². The van der Waals surface area contributed by atoms with Gasteiger partial charge in [-0.3, -0.25) is 0 Å². The fourth-order valence-electron chi connectivity index (χ4n) is 1.85. The van der Waals surface area contributed by atoms with Gasteiger partial charge in [0.25, 0.3) is 0 Å². The Bertz CT molecular complexity index is 455. The lowest BCUT2D eigenvalue weighted by molar-refractivity contribution is 0.0696. The number of hydrogen-bond acceptors (Lipinski definition) is 2. The van der Waals surface area contributed by atoms with E-state index < -0.39 is 5.97 Å². The van der Waals surface area contributed by atoms with Crippen LogP contribution in [0.2, 0.25) is 0 Å². The Labute approximate surface area is 109 Å². The summed E-state index contributed by atoms with van der Waals surface area (Å²) in [5.41, 5.74) is 1.34. The lowest BCUT2D eigenvalue weighted by Crippen LogP contribution is -2.25. The predicted molar refractivity (Wildman–Crippen MR) is 71.7 cm³/mol. The highest BCUT2D eigenvalue weighted by molar-refractivity contribution is 9.10. The first-order valence-corrected chi connectivity index (χ1v) is 6.33. The zero-order chi connectivity index (χ0) is 12.4. The first kappa shape index (κ1) is 12.2. The van der Waals surface area contributed by atoms with Crippen molar-refractivity contribution < 1.29 is 9.90 Å². The fourth-order valence-corrected chi connectivity index (χ4v) is 2.38. The summed E-state index contributed by atoms with van der Waals surface area (Å²) in [6, 6.07) is 5.94. The van der Waals surface area contributed by atoms with Gasteiger partial charge in [0.05, 0.1) is 5.56 Å². The summed E-state index contributed by atoms with van der Waals surface area (Å²) in [7, 11) is 0. The molecule has 1 aliphatic rings. The second kappa shape index (κ2) is 4.92. The Morgan fingerprint density at radius 2 is 2.29 bits per heavy atom. The van der Waals surface area contributed by atoms with Gasteiger partial charge in [-0.2, -0.15) is 0 Å². The highest BCUT2D eigenvalue weighted by Gasteiger charge is 2.28. The Balaban J connectivity index is 2.28. The van der Waals surface area contributed by atoms with Crippen LogP contribution in [0, 0.1) is 0 Å². The van der Waals surface area contributed by atoms with Gasteiger partial charge in [-0.25, -0.2) is 4.79 Å². The molecule has 1 fully saturated rings. The molecule has 0 saturated heterocycles. The minimum absolute atomic E-state index is 0.295. The van der Waals surface area contributed by atoms with Crippen LogP contribution in [0.4, 0.5) is 5.69 Å². The molecule has 3 nitrogen and oxygen atoms in total. The smallest absolute Gasteiger partial charge is 0.336 e. The van der Waals surface area contributed by atoms with E-state index in [9.17, 15) is 4.79 Å². The van der Waals surface area contributed by atoms with Gasteiger partial charge in [0.1, 0.15) is 0 Å². The number of carbonyl (C=O) groups is 1. The summed E-state index contributed by atoms with van der Waals surface area (Å²) >= 11 is 3.30. The number of hydrogen-bond donors (Lipinski definition) is 1. The van der Waals surface area contributed by atoms with Gasteiger partial charge in [-0.15, -0.1) is 6.58 Å². The summed E-state index contributed by atoms with van der Waals surface area (Å²) in [6.45, 7) is 4.55. The van der Waals surface area contributed by atoms with Crippen molar-refractivity contribution in [2.24, 2.45) is 0 Å². The van der Waals surface area contributed by atoms with Crippen LogP contribution < -0.4 is 4.90 Å². The number of aromatic carboxylic acids is 1. The molecule has 1 aromatic carbocycles. The topological polar surface area (TPSA) is 40.5 Å². The second-order valence-corrected chi connectivity index (χ2v) is 5.00. The van der Waals surface area contributed by atoms with Gasteiger partial charge in [0.15, 0.2) is 0 Å². The van der Waals surface area contributed by atoms with Crippen LogP contribution in [-0.4, -0.2) is 23.7 Å². The molecule has 0 heterocycles. The first-order valence-electron chi connectivity index (χ1n) is 5.54. The van der Waals surface area contributed by atoms with Crippen molar-refractivity contribution in [3.8, 4) is 0 Å². The molecule has 1 saturated carbocycles. The van der Waals surface area contributed by atoms with E-state index in [1.54, 1.807) is 6.07 Å². The lowest BCUT2D eigenvalue weighted by atomic mass is 10.2. The molecule has 1 aliphatic carbocycles. The monoisotopic (exact) mass is 295 g/mol. The molecule has 1 aromatic rings. The zero-order valence-electron chi connectivity index (χ0n) is 9.40. The molecule has 0 unspecified atom stereocenters. The Hall–Kier alpha value is -1.29. The van der Waals surface area contributed by atoms with Crippen LogP contribution in [0.25, 0.3) is 0 Å². The molecule has 1 N–H and O–H groups in total. The molecule has 0 atom stereocenters. The number of benzene rings is 1. The normalized spacial score (nSPS) is 14.4. The van der Waals surface area contributed by atoms with Gasteiger partial charge in [0, 0.05) is 22.7 Å². The minimum Gasteiger partial charge on any atom is -0.478 e. The Morgan fingerprint density at radius 3 is 2.76 bits per heavy atom. The number of carboxylic acids is 1. The molecule has 90 valence electrons. The van der Waals surface area contributed by atoms with Crippen molar-refractivity contribution in [3.05, 3.63) is 40.9 Å². The minimum atomic E-state index is -0.912. The Morgan fingerprint density at radius 1 is 1.59 bits per heavy atom. The van der Waals surface area contributed by atoms with E-state index in [4.69, 9.17) is 5.11 Å². The maximum absolute atomic E-state index is 10.9. The summed E-state index contributed by atoms with van der Waals surface area (Å²) in [5, 5.41) is 8.96. The largest absolute Gasteiger partial charge is 0.478 e. The molecular weight excluding hydrogens is 282 g/mol. The van der Waals surface area contributed by atoms with Gasteiger partial charge < -0.3 is 10.0 Å². The summed E-state index contributed by atoms with van der Waals surface area (Å²) in [4.78, 5) is 13.2. The maximum atomic E-state index is 10.9. The van der Waals surface area contributed by atoms with E-state index in [1.165, 1.54) is 12.8 Å². The third-order valence-electron chi connectivity index (χ3n) is 2.83. The molecule has 0 amide bonds.